The molecule has 0 radical (unpaired) electrons. The Hall–Kier alpha value is -2.21. The largest absolute Gasteiger partial charge is 0.0867 e. The molecule has 0 saturated heterocycles. The molecule has 2 aromatic carbocycles. The molecule has 0 aliphatic heterocycles. The lowest BCUT2D eigenvalue weighted by Gasteiger charge is -2.31. The van der Waals surface area contributed by atoms with Crippen molar-refractivity contribution in [1.82, 2.24) is 0 Å². The van der Waals surface area contributed by atoms with Gasteiger partial charge in [0.05, 0.1) is 0 Å². The Morgan fingerprint density at radius 1 is 0.862 bits per heavy atom. The van der Waals surface area contributed by atoms with Crippen molar-refractivity contribution in [2.75, 3.05) is 0 Å². The van der Waals surface area contributed by atoms with Crippen LogP contribution in [0.3, 0.4) is 0 Å². The predicted octanol–water partition coefficient (Wildman–Crippen LogP) is 6.45. The lowest BCUT2D eigenvalue weighted by Crippen LogP contribution is -2.25. The maximum Gasteiger partial charge on any atom is 0.0355 e. The van der Waals surface area contributed by atoms with Crippen LogP contribution in [-0.4, -0.2) is 5.66 Å². The zero-order chi connectivity index (χ0) is 20.1. The molecule has 0 fully saturated rings. The molecule has 146 valence electrons. The third-order valence-corrected chi connectivity index (χ3v) is 11.1. The van der Waals surface area contributed by atoms with E-state index in [0.717, 1.165) is 12.8 Å². The molecular weight excluding hydrogens is 387 g/mol. The van der Waals surface area contributed by atoms with Gasteiger partial charge in [0.15, 0.2) is 0 Å². The van der Waals surface area contributed by atoms with Crippen LogP contribution < -0.4 is 10.6 Å². The van der Waals surface area contributed by atoms with Gasteiger partial charge >= 0.3 is 0 Å². The van der Waals surface area contributed by atoms with Crippen molar-refractivity contribution in [3.8, 4) is 0 Å². The van der Waals surface area contributed by atoms with Gasteiger partial charge in [-0.2, -0.15) is 0 Å². The van der Waals surface area contributed by atoms with Gasteiger partial charge in [0.25, 0.3) is 0 Å². The number of rotatable bonds is 7. The SMILES string of the molecule is C/C(=C/CC1=CC=CC1P(=S)(c1ccccc1)c1ccccc1)CC1C=CC=C1. The monoisotopic (exact) mass is 414 g/mol. The molecule has 0 bridgehead atoms. The summed E-state index contributed by atoms with van der Waals surface area (Å²) in [5, 5.41) is 2.59. The van der Waals surface area contributed by atoms with Crippen LogP contribution in [0.5, 0.6) is 0 Å². The topological polar surface area (TPSA) is 0 Å². The van der Waals surface area contributed by atoms with Crippen LogP contribution in [0.25, 0.3) is 0 Å². The standard InChI is InChI=1S/C27H27PS/c1-22(21-23-11-8-9-12-23)19-20-24-13-10-18-27(24)28(29,25-14-4-2-5-15-25)26-16-6-3-7-17-26/h2-19,23,27H,20-21H2,1H3/b22-19-. The number of benzene rings is 2. The molecule has 0 N–H and O–H groups in total. The number of hydrogen-bond acceptors (Lipinski definition) is 1. The molecule has 0 heterocycles. The molecular formula is C27H27PS. The van der Waals surface area contributed by atoms with Crippen molar-refractivity contribution in [2.24, 2.45) is 5.92 Å². The second kappa shape index (κ2) is 9.08. The fourth-order valence-electron chi connectivity index (χ4n) is 4.18. The summed E-state index contributed by atoms with van der Waals surface area (Å²) in [6.07, 6.45) is 20.2. The van der Waals surface area contributed by atoms with E-state index >= 15 is 0 Å². The van der Waals surface area contributed by atoms with Crippen LogP contribution >= 0.6 is 6.04 Å². The Kier molecular flexibility index (Phi) is 6.28. The molecule has 1 atom stereocenters. The van der Waals surface area contributed by atoms with Crippen molar-refractivity contribution in [1.29, 1.82) is 0 Å². The summed E-state index contributed by atoms with van der Waals surface area (Å²) in [6.45, 7) is 2.25. The van der Waals surface area contributed by atoms with Crippen molar-refractivity contribution in [3.05, 3.63) is 120 Å². The smallest absolute Gasteiger partial charge is 0.0355 e. The van der Waals surface area contributed by atoms with Crippen molar-refractivity contribution >= 4 is 28.5 Å². The van der Waals surface area contributed by atoms with Crippen molar-refractivity contribution in [2.45, 2.75) is 25.4 Å². The molecule has 0 spiro atoms. The first kappa shape index (κ1) is 20.1. The second-order valence-electron chi connectivity index (χ2n) is 7.79. The van der Waals surface area contributed by atoms with E-state index in [9.17, 15) is 0 Å². The van der Waals surface area contributed by atoms with Crippen molar-refractivity contribution in [3.63, 3.8) is 0 Å². The van der Waals surface area contributed by atoms with E-state index in [0.29, 0.717) is 5.92 Å². The molecule has 2 aromatic rings. The van der Waals surface area contributed by atoms with Gasteiger partial charge in [0, 0.05) is 11.7 Å². The minimum atomic E-state index is -1.99. The van der Waals surface area contributed by atoms with Gasteiger partial charge in [-0.05, 0) is 36.3 Å². The maximum absolute atomic E-state index is 6.55. The third-order valence-electron chi connectivity index (χ3n) is 5.73. The highest BCUT2D eigenvalue weighted by atomic mass is 32.4. The highest BCUT2D eigenvalue weighted by molar-refractivity contribution is 8.22. The third kappa shape index (κ3) is 4.37. The number of hydrogen-bond donors (Lipinski definition) is 0. The fraction of sp³-hybridized carbons (Fsp3) is 0.185. The zero-order valence-electron chi connectivity index (χ0n) is 16.8. The second-order valence-corrected chi connectivity index (χ2v) is 12.4. The van der Waals surface area contributed by atoms with Gasteiger partial charge in [-0.3, -0.25) is 0 Å². The van der Waals surface area contributed by atoms with E-state index in [4.69, 9.17) is 11.8 Å². The normalized spacial score (nSPS) is 19.1. The van der Waals surface area contributed by atoms with Crippen LogP contribution in [0, 0.1) is 5.92 Å². The van der Waals surface area contributed by atoms with Crippen LogP contribution in [0.2, 0.25) is 0 Å². The molecule has 2 heteroatoms. The van der Waals surface area contributed by atoms with Crippen LogP contribution in [0.15, 0.2) is 120 Å². The Labute approximate surface area is 180 Å². The molecule has 0 saturated carbocycles. The number of allylic oxidation sites excluding steroid dienone is 10. The molecule has 0 nitrogen and oxygen atoms in total. The van der Waals surface area contributed by atoms with Crippen LogP contribution in [0.1, 0.15) is 19.8 Å². The van der Waals surface area contributed by atoms with Gasteiger partial charge in [0.1, 0.15) is 0 Å². The average molecular weight is 415 g/mol. The van der Waals surface area contributed by atoms with E-state index in [1.807, 2.05) is 0 Å². The highest BCUT2D eigenvalue weighted by Crippen LogP contribution is 2.54. The highest BCUT2D eigenvalue weighted by Gasteiger charge is 2.33. The molecule has 2 aliphatic carbocycles. The summed E-state index contributed by atoms with van der Waals surface area (Å²) in [4.78, 5) is 0. The molecule has 0 aromatic heterocycles. The Morgan fingerprint density at radius 2 is 1.45 bits per heavy atom. The Morgan fingerprint density at radius 3 is 2.03 bits per heavy atom. The minimum absolute atomic E-state index is 0.289. The average Bonchev–Trinajstić information content (AvgIpc) is 3.45. The van der Waals surface area contributed by atoms with Gasteiger partial charge in [-0.25, -0.2) is 0 Å². The lowest BCUT2D eigenvalue weighted by molar-refractivity contribution is 0.800. The zero-order valence-corrected chi connectivity index (χ0v) is 18.5. The first-order chi connectivity index (χ1) is 14.2. The molecule has 1 unspecified atom stereocenters. The van der Waals surface area contributed by atoms with E-state index in [1.54, 1.807) is 0 Å². The first-order valence-electron chi connectivity index (χ1n) is 10.3. The molecule has 2 aliphatic rings. The van der Waals surface area contributed by atoms with E-state index in [-0.39, 0.29) is 5.66 Å². The summed E-state index contributed by atoms with van der Waals surface area (Å²) >= 11 is 6.55. The summed E-state index contributed by atoms with van der Waals surface area (Å²) in [6, 6.07) is 19.5. The Bertz CT molecular complexity index is 983. The van der Waals surface area contributed by atoms with Gasteiger partial charge < -0.3 is 0 Å². The van der Waals surface area contributed by atoms with E-state index in [2.05, 4.69) is 116 Å². The van der Waals surface area contributed by atoms with Crippen LogP contribution in [0.4, 0.5) is 0 Å². The molecule has 4 rings (SSSR count). The maximum atomic E-state index is 6.55. The molecule has 0 amide bonds. The summed E-state index contributed by atoms with van der Waals surface area (Å²) in [5.74, 6) is 0.553. The predicted molar refractivity (Wildman–Crippen MR) is 132 cm³/mol. The quantitative estimate of drug-likeness (QED) is 0.371. The van der Waals surface area contributed by atoms with E-state index < -0.39 is 6.04 Å². The lowest BCUT2D eigenvalue weighted by atomic mass is 10.00. The van der Waals surface area contributed by atoms with Gasteiger partial charge in [-0.1, -0.05) is 132 Å². The van der Waals surface area contributed by atoms with E-state index in [1.165, 1.54) is 21.8 Å². The first-order valence-corrected chi connectivity index (χ1v) is 13.1. The summed E-state index contributed by atoms with van der Waals surface area (Å²) in [5.41, 5.74) is 3.18. The summed E-state index contributed by atoms with van der Waals surface area (Å²) < 4.78 is 0. The Balaban J connectivity index is 1.62. The van der Waals surface area contributed by atoms with Gasteiger partial charge in [0.2, 0.25) is 0 Å². The van der Waals surface area contributed by atoms with Gasteiger partial charge in [-0.15, -0.1) is 0 Å². The molecule has 29 heavy (non-hydrogen) atoms. The van der Waals surface area contributed by atoms with Crippen LogP contribution in [-0.2, 0) is 11.8 Å². The van der Waals surface area contributed by atoms with Crippen molar-refractivity contribution < 1.29 is 0 Å². The fourth-order valence-corrected chi connectivity index (χ4v) is 8.70. The summed E-state index contributed by atoms with van der Waals surface area (Å²) in [7, 11) is 0. The minimum Gasteiger partial charge on any atom is -0.0867 e.